The summed E-state index contributed by atoms with van der Waals surface area (Å²) in [6, 6.07) is 10.1. The second-order valence-electron chi connectivity index (χ2n) is 6.54. The fraction of sp³-hybridized carbons (Fsp3) is 0.556. The van der Waals surface area contributed by atoms with E-state index in [0.29, 0.717) is 12.5 Å². The fourth-order valence-electron chi connectivity index (χ4n) is 3.49. The second kappa shape index (κ2) is 7.59. The molecular formula is C18H25N3O2. The van der Waals surface area contributed by atoms with Crippen molar-refractivity contribution < 1.29 is 9.59 Å². The molecule has 0 unspecified atom stereocenters. The van der Waals surface area contributed by atoms with Gasteiger partial charge in [0.1, 0.15) is 6.04 Å². The average molecular weight is 315 g/mol. The summed E-state index contributed by atoms with van der Waals surface area (Å²) >= 11 is 0. The Balaban J connectivity index is 1.48. The Morgan fingerprint density at radius 3 is 2.87 bits per heavy atom. The van der Waals surface area contributed by atoms with Gasteiger partial charge in [0.05, 0.1) is 6.54 Å². The maximum Gasteiger partial charge on any atom is 0.242 e. The van der Waals surface area contributed by atoms with Gasteiger partial charge in [-0.3, -0.25) is 14.5 Å². The first-order chi connectivity index (χ1) is 11.2. The Morgan fingerprint density at radius 2 is 2.04 bits per heavy atom. The van der Waals surface area contributed by atoms with Gasteiger partial charge in [-0.05, 0) is 43.7 Å². The summed E-state index contributed by atoms with van der Waals surface area (Å²) in [5.41, 5.74) is 1.35. The summed E-state index contributed by atoms with van der Waals surface area (Å²) in [6.07, 6.45) is 3.79. The zero-order valence-corrected chi connectivity index (χ0v) is 13.5. The van der Waals surface area contributed by atoms with Crippen LogP contribution in [0, 0.1) is 0 Å². The summed E-state index contributed by atoms with van der Waals surface area (Å²) < 4.78 is 0. The van der Waals surface area contributed by atoms with Crippen LogP contribution in [0.3, 0.4) is 0 Å². The Kier molecular flexibility index (Phi) is 5.28. The van der Waals surface area contributed by atoms with Crippen LogP contribution in [0.15, 0.2) is 30.3 Å². The number of nitrogens with zero attached hydrogens (tertiary/aromatic N) is 1. The number of rotatable bonds is 4. The van der Waals surface area contributed by atoms with Gasteiger partial charge in [0.2, 0.25) is 11.8 Å². The number of hydrogen-bond donors (Lipinski definition) is 2. The van der Waals surface area contributed by atoms with Crippen molar-refractivity contribution in [3.05, 3.63) is 35.9 Å². The van der Waals surface area contributed by atoms with E-state index in [1.54, 1.807) is 0 Å². The Bertz CT molecular complexity index is 546. The first-order valence-corrected chi connectivity index (χ1v) is 8.57. The summed E-state index contributed by atoms with van der Waals surface area (Å²) in [5, 5.41) is 5.75. The van der Waals surface area contributed by atoms with Crippen LogP contribution < -0.4 is 10.6 Å². The molecule has 3 rings (SSSR count). The van der Waals surface area contributed by atoms with E-state index in [0.717, 1.165) is 45.3 Å². The first kappa shape index (κ1) is 16.0. The third-order valence-electron chi connectivity index (χ3n) is 4.78. The molecule has 2 amide bonds. The molecule has 1 aromatic rings. The average Bonchev–Trinajstić information content (AvgIpc) is 2.93. The van der Waals surface area contributed by atoms with E-state index in [-0.39, 0.29) is 17.9 Å². The van der Waals surface area contributed by atoms with Gasteiger partial charge in [0, 0.05) is 13.1 Å². The van der Waals surface area contributed by atoms with E-state index in [4.69, 9.17) is 0 Å². The molecule has 124 valence electrons. The molecule has 0 aromatic heterocycles. The third kappa shape index (κ3) is 4.32. The SMILES string of the molecule is O=C(CN1CC[C@@H](c2ccccc2)C1)N[C@@H]1CCCCNC1=O. The third-order valence-corrected chi connectivity index (χ3v) is 4.78. The van der Waals surface area contributed by atoms with Crippen molar-refractivity contribution in [2.24, 2.45) is 0 Å². The highest BCUT2D eigenvalue weighted by Gasteiger charge is 2.27. The molecule has 1 aromatic carbocycles. The molecule has 2 heterocycles. The molecule has 2 aliphatic heterocycles. The van der Waals surface area contributed by atoms with Crippen molar-refractivity contribution >= 4 is 11.8 Å². The number of hydrogen-bond acceptors (Lipinski definition) is 3. The Labute approximate surface area is 137 Å². The molecule has 2 saturated heterocycles. The lowest BCUT2D eigenvalue weighted by atomic mass is 9.99. The minimum Gasteiger partial charge on any atom is -0.354 e. The van der Waals surface area contributed by atoms with Gasteiger partial charge in [-0.15, -0.1) is 0 Å². The molecule has 5 heteroatoms. The summed E-state index contributed by atoms with van der Waals surface area (Å²) in [7, 11) is 0. The monoisotopic (exact) mass is 315 g/mol. The maximum atomic E-state index is 12.2. The van der Waals surface area contributed by atoms with E-state index >= 15 is 0 Å². The highest BCUT2D eigenvalue weighted by molar-refractivity contribution is 5.88. The lowest BCUT2D eigenvalue weighted by molar-refractivity contribution is -0.129. The fourth-order valence-corrected chi connectivity index (χ4v) is 3.49. The van der Waals surface area contributed by atoms with Gasteiger partial charge in [-0.25, -0.2) is 0 Å². The molecule has 23 heavy (non-hydrogen) atoms. The Hall–Kier alpha value is -1.88. The molecule has 2 N–H and O–H groups in total. The van der Waals surface area contributed by atoms with Crippen LogP contribution in [-0.2, 0) is 9.59 Å². The quantitative estimate of drug-likeness (QED) is 0.879. The van der Waals surface area contributed by atoms with Crippen molar-refractivity contribution in [1.82, 2.24) is 15.5 Å². The highest BCUT2D eigenvalue weighted by Crippen LogP contribution is 2.26. The van der Waals surface area contributed by atoms with Gasteiger partial charge in [0.15, 0.2) is 0 Å². The number of carbonyl (C=O) groups is 2. The summed E-state index contributed by atoms with van der Waals surface area (Å²) in [4.78, 5) is 26.3. The predicted octanol–water partition coefficient (Wildman–Crippen LogP) is 1.26. The molecule has 0 bridgehead atoms. The molecule has 2 atom stereocenters. The predicted molar refractivity (Wildman–Crippen MR) is 89.0 cm³/mol. The number of amides is 2. The molecular weight excluding hydrogens is 290 g/mol. The topological polar surface area (TPSA) is 61.4 Å². The lowest BCUT2D eigenvalue weighted by Gasteiger charge is -2.19. The summed E-state index contributed by atoms with van der Waals surface area (Å²) in [6.45, 7) is 2.95. The minimum absolute atomic E-state index is 0.0410. The molecule has 0 radical (unpaired) electrons. The van der Waals surface area contributed by atoms with E-state index < -0.39 is 0 Å². The van der Waals surface area contributed by atoms with Crippen LogP contribution in [0.2, 0.25) is 0 Å². The second-order valence-corrected chi connectivity index (χ2v) is 6.54. The molecule has 0 aliphatic carbocycles. The lowest BCUT2D eigenvalue weighted by Crippen LogP contribution is -2.48. The minimum atomic E-state index is -0.363. The zero-order valence-electron chi connectivity index (χ0n) is 13.5. The van der Waals surface area contributed by atoms with E-state index in [9.17, 15) is 9.59 Å². The van der Waals surface area contributed by atoms with Crippen LogP contribution in [0.1, 0.15) is 37.2 Å². The van der Waals surface area contributed by atoms with Crippen LogP contribution in [0.4, 0.5) is 0 Å². The van der Waals surface area contributed by atoms with E-state index in [2.05, 4.69) is 39.8 Å². The maximum absolute atomic E-state index is 12.2. The smallest absolute Gasteiger partial charge is 0.242 e. The molecule has 0 saturated carbocycles. The number of likely N-dealkylation sites (tertiary alicyclic amines) is 1. The van der Waals surface area contributed by atoms with Gasteiger partial charge < -0.3 is 10.6 Å². The van der Waals surface area contributed by atoms with Gasteiger partial charge in [-0.2, -0.15) is 0 Å². The van der Waals surface area contributed by atoms with E-state index in [1.807, 2.05) is 6.07 Å². The van der Waals surface area contributed by atoms with E-state index in [1.165, 1.54) is 5.56 Å². The number of benzene rings is 1. The number of carbonyl (C=O) groups excluding carboxylic acids is 2. The van der Waals surface area contributed by atoms with Crippen molar-refractivity contribution in [3.8, 4) is 0 Å². The normalized spacial score (nSPS) is 25.7. The molecule has 2 fully saturated rings. The number of nitrogens with one attached hydrogen (secondary N) is 2. The van der Waals surface area contributed by atoms with Crippen LogP contribution in [0.5, 0.6) is 0 Å². The van der Waals surface area contributed by atoms with Crippen LogP contribution in [-0.4, -0.2) is 48.9 Å². The van der Waals surface area contributed by atoms with Crippen molar-refractivity contribution in [1.29, 1.82) is 0 Å². The molecule has 2 aliphatic rings. The van der Waals surface area contributed by atoms with Crippen LogP contribution >= 0.6 is 0 Å². The largest absolute Gasteiger partial charge is 0.354 e. The molecule has 5 nitrogen and oxygen atoms in total. The standard InChI is InChI=1S/C18H25N3O2/c22-17(20-16-8-4-5-10-19-18(16)23)13-21-11-9-15(12-21)14-6-2-1-3-7-14/h1-3,6-7,15-16H,4-5,8-13H2,(H,19,23)(H,20,22)/t15-,16-/m1/s1. The van der Waals surface area contributed by atoms with Crippen molar-refractivity contribution in [3.63, 3.8) is 0 Å². The zero-order chi connectivity index (χ0) is 16.1. The summed E-state index contributed by atoms with van der Waals surface area (Å²) in [5.74, 6) is 0.422. The Morgan fingerprint density at radius 1 is 1.22 bits per heavy atom. The van der Waals surface area contributed by atoms with Gasteiger partial charge in [-0.1, -0.05) is 30.3 Å². The first-order valence-electron chi connectivity index (χ1n) is 8.57. The van der Waals surface area contributed by atoms with Crippen LogP contribution in [0.25, 0.3) is 0 Å². The molecule has 0 spiro atoms. The van der Waals surface area contributed by atoms with Crippen molar-refractivity contribution in [2.45, 2.75) is 37.6 Å². The van der Waals surface area contributed by atoms with Gasteiger partial charge >= 0.3 is 0 Å². The highest BCUT2D eigenvalue weighted by atomic mass is 16.2. The van der Waals surface area contributed by atoms with Crippen molar-refractivity contribution in [2.75, 3.05) is 26.2 Å². The van der Waals surface area contributed by atoms with Gasteiger partial charge in [0.25, 0.3) is 0 Å².